The number of hydrogen-bond donors (Lipinski definition) is 1. The Hall–Kier alpha value is -1.66. The van der Waals surface area contributed by atoms with Crippen LogP contribution in [0.1, 0.15) is 12.7 Å². The van der Waals surface area contributed by atoms with Crippen molar-refractivity contribution in [1.29, 1.82) is 0 Å². The third-order valence-electron chi connectivity index (χ3n) is 2.79. The van der Waals surface area contributed by atoms with Crippen molar-refractivity contribution in [3.05, 3.63) is 18.1 Å². The number of nitrogens with zero attached hydrogens (tertiary/aromatic N) is 2. The lowest BCUT2D eigenvalue weighted by molar-refractivity contribution is -0.0488. The second kappa shape index (κ2) is 4.55. The summed E-state index contributed by atoms with van der Waals surface area (Å²) in [5, 5.41) is 0. The van der Waals surface area contributed by atoms with Crippen LogP contribution in [0, 0.1) is 6.92 Å². The number of fused-ring (bicyclic) bond motifs is 1. The molecule has 0 bridgehead atoms. The molecule has 0 amide bonds. The Morgan fingerprint density at radius 3 is 3.22 bits per heavy atom. The van der Waals surface area contributed by atoms with Crippen LogP contribution in [0.25, 0.3) is 11.0 Å². The van der Waals surface area contributed by atoms with Gasteiger partial charge in [-0.15, -0.1) is 0 Å². The maximum Gasteiger partial charge on any atom is 0.242 e. The summed E-state index contributed by atoms with van der Waals surface area (Å²) >= 11 is 0. The van der Waals surface area contributed by atoms with Crippen LogP contribution in [0.5, 0.6) is 5.88 Å². The summed E-state index contributed by atoms with van der Waals surface area (Å²) in [6.45, 7) is 4.74. The highest BCUT2D eigenvalue weighted by Crippen LogP contribution is 2.21. The van der Waals surface area contributed by atoms with Gasteiger partial charge in [-0.3, -0.25) is 0 Å². The second-order valence-corrected chi connectivity index (χ2v) is 4.30. The predicted molar refractivity (Wildman–Crippen MR) is 64.4 cm³/mol. The largest absolute Gasteiger partial charge is 0.473 e. The van der Waals surface area contributed by atoms with E-state index in [9.17, 15) is 0 Å². The van der Waals surface area contributed by atoms with Gasteiger partial charge >= 0.3 is 0 Å². The quantitative estimate of drug-likeness (QED) is 0.890. The van der Waals surface area contributed by atoms with Gasteiger partial charge < -0.3 is 19.2 Å². The molecule has 2 aromatic heterocycles. The van der Waals surface area contributed by atoms with Gasteiger partial charge in [0, 0.05) is 6.20 Å². The van der Waals surface area contributed by atoms with Gasteiger partial charge in [0.2, 0.25) is 5.88 Å². The average molecular weight is 249 g/mol. The fourth-order valence-electron chi connectivity index (χ4n) is 1.99. The molecule has 1 N–H and O–H groups in total. The van der Waals surface area contributed by atoms with Crippen LogP contribution in [0.15, 0.2) is 12.3 Å². The molecule has 6 heteroatoms. The topological polar surface area (TPSA) is 69.3 Å². The van der Waals surface area contributed by atoms with Gasteiger partial charge in [-0.05, 0) is 19.9 Å². The maximum absolute atomic E-state index is 5.67. The molecule has 0 aliphatic carbocycles. The van der Waals surface area contributed by atoms with Crippen LogP contribution in [0.3, 0.4) is 0 Å². The molecule has 6 nitrogen and oxygen atoms in total. The van der Waals surface area contributed by atoms with Crippen LogP contribution in [0.4, 0.5) is 0 Å². The minimum atomic E-state index is -0.157. The molecule has 96 valence electrons. The third-order valence-corrected chi connectivity index (χ3v) is 2.79. The number of pyridine rings is 1. The third kappa shape index (κ3) is 2.16. The number of nitrogens with one attached hydrogen (secondary N) is 1. The van der Waals surface area contributed by atoms with Gasteiger partial charge in [0.25, 0.3) is 0 Å². The van der Waals surface area contributed by atoms with Gasteiger partial charge in [-0.25, -0.2) is 9.97 Å². The summed E-state index contributed by atoms with van der Waals surface area (Å²) in [5.41, 5.74) is 1.68. The Morgan fingerprint density at radius 2 is 2.44 bits per heavy atom. The molecule has 0 aromatic carbocycles. The first-order valence-electron chi connectivity index (χ1n) is 5.93. The monoisotopic (exact) mass is 249 g/mol. The van der Waals surface area contributed by atoms with Crippen LogP contribution in [-0.2, 0) is 9.47 Å². The molecule has 0 spiro atoms. The number of aromatic nitrogens is 3. The molecule has 1 aliphatic heterocycles. The lowest BCUT2D eigenvalue weighted by Crippen LogP contribution is -2.20. The molecule has 18 heavy (non-hydrogen) atoms. The van der Waals surface area contributed by atoms with Crippen molar-refractivity contribution in [3.63, 3.8) is 0 Å². The van der Waals surface area contributed by atoms with Gasteiger partial charge in [0.15, 0.2) is 11.8 Å². The number of ether oxygens (including phenoxy) is 3. The zero-order chi connectivity index (χ0) is 12.5. The average Bonchev–Trinajstić information content (AvgIpc) is 2.91. The molecule has 3 rings (SSSR count). The standard InChI is InChI=1S/C12H15N3O3/c1-7-14-10-3-4-13-12(11(10)15-7)17-6-9-5-16-8(2)18-9/h3-4,8-9H,5-6H2,1-2H3,(H,14,15). The molecule has 0 radical (unpaired) electrons. The Labute approximate surface area is 104 Å². The molecular weight excluding hydrogens is 234 g/mol. The highest BCUT2D eigenvalue weighted by molar-refractivity contribution is 5.79. The summed E-state index contributed by atoms with van der Waals surface area (Å²) < 4.78 is 16.5. The van der Waals surface area contributed by atoms with Gasteiger partial charge in [-0.2, -0.15) is 0 Å². The minimum absolute atomic E-state index is 0.0444. The molecule has 2 unspecified atom stereocenters. The van der Waals surface area contributed by atoms with E-state index in [-0.39, 0.29) is 12.4 Å². The van der Waals surface area contributed by atoms with Crippen LogP contribution < -0.4 is 4.74 Å². The Balaban J connectivity index is 1.74. The first-order valence-corrected chi connectivity index (χ1v) is 5.93. The Bertz CT molecular complexity index is 554. The lowest BCUT2D eigenvalue weighted by Gasteiger charge is -2.10. The molecular formula is C12H15N3O3. The zero-order valence-corrected chi connectivity index (χ0v) is 10.3. The molecule has 0 saturated carbocycles. The van der Waals surface area contributed by atoms with Crippen molar-refractivity contribution in [2.75, 3.05) is 13.2 Å². The van der Waals surface area contributed by atoms with E-state index >= 15 is 0 Å². The summed E-state index contributed by atoms with van der Waals surface area (Å²) in [5.74, 6) is 1.37. The summed E-state index contributed by atoms with van der Waals surface area (Å²) in [6, 6.07) is 1.87. The van der Waals surface area contributed by atoms with E-state index in [1.54, 1.807) is 6.20 Å². The van der Waals surface area contributed by atoms with Crippen LogP contribution >= 0.6 is 0 Å². The highest BCUT2D eigenvalue weighted by atomic mass is 16.7. The number of H-pyrrole nitrogens is 1. The Kier molecular flexibility index (Phi) is 2.89. The van der Waals surface area contributed by atoms with Crippen LogP contribution in [0.2, 0.25) is 0 Å². The van der Waals surface area contributed by atoms with Crippen molar-refractivity contribution < 1.29 is 14.2 Å². The molecule has 1 saturated heterocycles. The molecule has 1 fully saturated rings. The molecule has 2 atom stereocenters. The zero-order valence-electron chi connectivity index (χ0n) is 10.3. The Morgan fingerprint density at radius 1 is 1.56 bits per heavy atom. The van der Waals surface area contributed by atoms with E-state index in [2.05, 4.69) is 15.0 Å². The summed E-state index contributed by atoms with van der Waals surface area (Å²) in [7, 11) is 0. The minimum Gasteiger partial charge on any atom is -0.473 e. The second-order valence-electron chi connectivity index (χ2n) is 4.30. The number of rotatable bonds is 3. The number of hydrogen-bond acceptors (Lipinski definition) is 5. The van der Waals surface area contributed by atoms with E-state index in [0.29, 0.717) is 19.1 Å². The summed E-state index contributed by atoms with van der Waals surface area (Å²) in [6.07, 6.45) is 1.50. The van der Waals surface area contributed by atoms with Crippen LogP contribution in [-0.4, -0.2) is 40.6 Å². The van der Waals surface area contributed by atoms with E-state index in [1.807, 2.05) is 19.9 Å². The van der Waals surface area contributed by atoms with E-state index in [0.717, 1.165) is 16.9 Å². The molecule has 2 aromatic rings. The van der Waals surface area contributed by atoms with Gasteiger partial charge in [0.1, 0.15) is 18.5 Å². The maximum atomic E-state index is 5.67. The van der Waals surface area contributed by atoms with Gasteiger partial charge in [0.05, 0.1) is 12.1 Å². The summed E-state index contributed by atoms with van der Waals surface area (Å²) in [4.78, 5) is 11.7. The fourth-order valence-corrected chi connectivity index (χ4v) is 1.99. The van der Waals surface area contributed by atoms with Crippen molar-refractivity contribution in [2.24, 2.45) is 0 Å². The van der Waals surface area contributed by atoms with Gasteiger partial charge in [-0.1, -0.05) is 0 Å². The van der Waals surface area contributed by atoms with Crippen molar-refractivity contribution in [2.45, 2.75) is 26.2 Å². The SMILES string of the molecule is Cc1nc2c(OCC3COC(C)O3)nccc2[nH]1. The predicted octanol–water partition coefficient (Wildman–Crippen LogP) is 1.41. The number of aryl methyl sites for hydroxylation is 1. The normalized spacial score (nSPS) is 23.7. The number of aromatic amines is 1. The number of imidazole rings is 1. The van der Waals surface area contributed by atoms with E-state index < -0.39 is 0 Å². The van der Waals surface area contributed by atoms with E-state index in [1.165, 1.54) is 0 Å². The fraction of sp³-hybridized carbons (Fsp3) is 0.500. The first kappa shape index (κ1) is 11.4. The van der Waals surface area contributed by atoms with Crippen molar-refractivity contribution >= 4 is 11.0 Å². The van der Waals surface area contributed by atoms with E-state index in [4.69, 9.17) is 14.2 Å². The molecule has 3 heterocycles. The van der Waals surface area contributed by atoms with Crippen molar-refractivity contribution in [1.82, 2.24) is 15.0 Å². The van der Waals surface area contributed by atoms with Crippen molar-refractivity contribution in [3.8, 4) is 5.88 Å². The highest BCUT2D eigenvalue weighted by Gasteiger charge is 2.23. The first-order chi connectivity index (χ1) is 8.72. The lowest BCUT2D eigenvalue weighted by atomic mass is 10.4. The molecule has 1 aliphatic rings. The smallest absolute Gasteiger partial charge is 0.242 e.